The van der Waals surface area contributed by atoms with Gasteiger partial charge in [0.1, 0.15) is 16.9 Å². The standard InChI is InChI=1S/C23H23FN6/c1-3-5-19-21-22(30(2)29-19)23(26-15-17-7-10-18(24)11-8-17)28-20(27-21)12-9-16-6-4-13-25-14-16/h4,6-14H,3,5,15H2,1-2H3,(H,26,27,28). The van der Waals surface area contributed by atoms with Crippen molar-refractivity contribution in [1.82, 2.24) is 24.7 Å². The fourth-order valence-electron chi connectivity index (χ4n) is 3.29. The van der Waals surface area contributed by atoms with Crippen LogP contribution in [0.3, 0.4) is 0 Å². The minimum Gasteiger partial charge on any atom is -0.364 e. The predicted octanol–water partition coefficient (Wildman–Crippen LogP) is 4.63. The van der Waals surface area contributed by atoms with Crippen LogP contribution >= 0.6 is 0 Å². The molecule has 0 saturated heterocycles. The van der Waals surface area contributed by atoms with Crippen LogP contribution in [0.4, 0.5) is 10.2 Å². The van der Waals surface area contributed by atoms with Crippen molar-refractivity contribution in [3.05, 3.63) is 77.3 Å². The van der Waals surface area contributed by atoms with Crippen LogP contribution in [0.15, 0.2) is 48.8 Å². The average Bonchev–Trinajstić information content (AvgIpc) is 3.08. The molecular weight excluding hydrogens is 379 g/mol. The van der Waals surface area contributed by atoms with Gasteiger partial charge in [-0.25, -0.2) is 14.4 Å². The summed E-state index contributed by atoms with van der Waals surface area (Å²) in [5.74, 6) is 1.05. The summed E-state index contributed by atoms with van der Waals surface area (Å²) in [4.78, 5) is 13.6. The van der Waals surface area contributed by atoms with Crippen LogP contribution in [0.2, 0.25) is 0 Å². The number of halogens is 1. The second-order valence-electron chi connectivity index (χ2n) is 7.05. The molecule has 0 aliphatic rings. The highest BCUT2D eigenvalue weighted by Crippen LogP contribution is 2.25. The molecule has 1 aromatic carbocycles. The maximum atomic E-state index is 13.2. The maximum Gasteiger partial charge on any atom is 0.156 e. The molecule has 4 rings (SSSR count). The van der Waals surface area contributed by atoms with E-state index < -0.39 is 0 Å². The van der Waals surface area contributed by atoms with Gasteiger partial charge in [0.2, 0.25) is 0 Å². The Labute approximate surface area is 174 Å². The summed E-state index contributed by atoms with van der Waals surface area (Å²) in [5, 5.41) is 8.03. The number of aromatic nitrogens is 5. The summed E-state index contributed by atoms with van der Waals surface area (Å²) in [6, 6.07) is 10.3. The van der Waals surface area contributed by atoms with E-state index in [2.05, 4.69) is 22.3 Å². The number of aryl methyl sites for hydroxylation is 2. The van der Waals surface area contributed by atoms with Gasteiger partial charge in [-0.1, -0.05) is 31.5 Å². The van der Waals surface area contributed by atoms with E-state index in [1.54, 1.807) is 24.5 Å². The number of hydrogen-bond acceptors (Lipinski definition) is 5. The fourth-order valence-corrected chi connectivity index (χ4v) is 3.29. The first-order valence-corrected chi connectivity index (χ1v) is 9.94. The second kappa shape index (κ2) is 8.82. The molecule has 30 heavy (non-hydrogen) atoms. The lowest BCUT2D eigenvalue weighted by Gasteiger charge is -2.09. The van der Waals surface area contributed by atoms with Crippen molar-refractivity contribution in [2.24, 2.45) is 7.05 Å². The van der Waals surface area contributed by atoms with E-state index in [-0.39, 0.29) is 5.82 Å². The monoisotopic (exact) mass is 402 g/mol. The summed E-state index contributed by atoms with van der Waals surface area (Å²) < 4.78 is 15.0. The van der Waals surface area contributed by atoms with Gasteiger partial charge in [-0.2, -0.15) is 5.10 Å². The molecule has 0 aliphatic carbocycles. The van der Waals surface area contributed by atoms with E-state index in [4.69, 9.17) is 9.97 Å². The van der Waals surface area contributed by atoms with Crippen LogP contribution in [-0.2, 0) is 20.0 Å². The van der Waals surface area contributed by atoms with E-state index in [1.165, 1.54) is 12.1 Å². The summed E-state index contributed by atoms with van der Waals surface area (Å²) >= 11 is 0. The van der Waals surface area contributed by atoms with Crippen molar-refractivity contribution in [2.75, 3.05) is 5.32 Å². The minimum atomic E-state index is -0.248. The van der Waals surface area contributed by atoms with E-state index in [9.17, 15) is 4.39 Å². The lowest BCUT2D eigenvalue weighted by atomic mass is 10.2. The van der Waals surface area contributed by atoms with Crippen LogP contribution in [0.1, 0.15) is 36.0 Å². The third kappa shape index (κ3) is 4.35. The maximum absolute atomic E-state index is 13.2. The van der Waals surface area contributed by atoms with Gasteiger partial charge in [-0.15, -0.1) is 0 Å². The third-order valence-electron chi connectivity index (χ3n) is 4.74. The van der Waals surface area contributed by atoms with E-state index in [0.29, 0.717) is 18.2 Å². The van der Waals surface area contributed by atoms with Gasteiger partial charge in [0.05, 0.1) is 5.69 Å². The van der Waals surface area contributed by atoms with Gasteiger partial charge in [0.15, 0.2) is 11.6 Å². The number of pyridine rings is 1. The number of hydrogen-bond donors (Lipinski definition) is 1. The Kier molecular flexibility index (Phi) is 5.79. The van der Waals surface area contributed by atoms with Gasteiger partial charge in [-0.05, 0) is 47.9 Å². The van der Waals surface area contributed by atoms with Crippen LogP contribution in [0.5, 0.6) is 0 Å². The zero-order valence-corrected chi connectivity index (χ0v) is 17.0. The molecule has 0 atom stereocenters. The zero-order valence-electron chi connectivity index (χ0n) is 17.0. The van der Waals surface area contributed by atoms with Crippen molar-refractivity contribution in [3.63, 3.8) is 0 Å². The first-order chi connectivity index (χ1) is 14.6. The van der Waals surface area contributed by atoms with Gasteiger partial charge in [-0.3, -0.25) is 9.67 Å². The number of anilines is 1. The van der Waals surface area contributed by atoms with Gasteiger partial charge in [0, 0.05) is 26.0 Å². The minimum absolute atomic E-state index is 0.248. The highest BCUT2D eigenvalue weighted by molar-refractivity contribution is 5.88. The number of nitrogens with zero attached hydrogens (tertiary/aromatic N) is 5. The molecule has 3 aromatic heterocycles. The largest absolute Gasteiger partial charge is 0.364 e. The summed E-state index contributed by atoms with van der Waals surface area (Å²) in [7, 11) is 1.90. The molecule has 7 heteroatoms. The Bertz CT molecular complexity index is 1170. The van der Waals surface area contributed by atoms with Crippen molar-refractivity contribution in [3.8, 4) is 0 Å². The lowest BCUT2D eigenvalue weighted by Crippen LogP contribution is -2.06. The third-order valence-corrected chi connectivity index (χ3v) is 4.74. The molecule has 0 aliphatic heterocycles. The predicted molar refractivity (Wildman–Crippen MR) is 117 cm³/mol. The average molecular weight is 402 g/mol. The molecule has 0 unspecified atom stereocenters. The van der Waals surface area contributed by atoms with E-state index in [0.717, 1.165) is 40.7 Å². The molecule has 1 N–H and O–H groups in total. The van der Waals surface area contributed by atoms with Gasteiger partial charge in [0.25, 0.3) is 0 Å². The Morgan fingerprint density at radius 1 is 1.10 bits per heavy atom. The molecule has 0 radical (unpaired) electrons. The Morgan fingerprint density at radius 3 is 2.67 bits per heavy atom. The quantitative estimate of drug-likeness (QED) is 0.488. The van der Waals surface area contributed by atoms with Crippen molar-refractivity contribution in [1.29, 1.82) is 0 Å². The lowest BCUT2D eigenvalue weighted by molar-refractivity contribution is 0.627. The highest BCUT2D eigenvalue weighted by atomic mass is 19.1. The molecule has 6 nitrogen and oxygen atoms in total. The Hall–Kier alpha value is -3.61. The number of rotatable bonds is 7. The normalized spacial score (nSPS) is 11.4. The highest BCUT2D eigenvalue weighted by Gasteiger charge is 2.16. The zero-order chi connectivity index (χ0) is 20.9. The van der Waals surface area contributed by atoms with Crippen LogP contribution < -0.4 is 5.32 Å². The molecule has 4 aromatic rings. The molecule has 0 fully saturated rings. The molecule has 152 valence electrons. The van der Waals surface area contributed by atoms with E-state index in [1.807, 2.05) is 36.0 Å². The van der Waals surface area contributed by atoms with Crippen LogP contribution in [0, 0.1) is 5.82 Å². The molecule has 0 spiro atoms. The van der Waals surface area contributed by atoms with E-state index >= 15 is 0 Å². The second-order valence-corrected chi connectivity index (χ2v) is 7.05. The van der Waals surface area contributed by atoms with Crippen molar-refractivity contribution >= 4 is 29.0 Å². The van der Waals surface area contributed by atoms with Gasteiger partial charge < -0.3 is 5.32 Å². The summed E-state index contributed by atoms with van der Waals surface area (Å²) in [6.45, 7) is 2.64. The van der Waals surface area contributed by atoms with Crippen molar-refractivity contribution in [2.45, 2.75) is 26.3 Å². The number of benzene rings is 1. The molecule has 0 bridgehead atoms. The van der Waals surface area contributed by atoms with Crippen molar-refractivity contribution < 1.29 is 4.39 Å². The SMILES string of the molecule is CCCc1nn(C)c2c(NCc3ccc(F)cc3)nc(C=Cc3cccnc3)nc12. The molecule has 3 heterocycles. The molecular formula is C23H23FN6. The fraction of sp³-hybridized carbons (Fsp3) is 0.217. The van der Waals surface area contributed by atoms with Crippen LogP contribution in [0.25, 0.3) is 23.2 Å². The first-order valence-electron chi connectivity index (χ1n) is 9.94. The van der Waals surface area contributed by atoms with Gasteiger partial charge >= 0.3 is 0 Å². The Morgan fingerprint density at radius 2 is 1.93 bits per heavy atom. The summed E-state index contributed by atoms with van der Waals surface area (Å²) in [5.41, 5.74) is 4.60. The number of fused-ring (bicyclic) bond motifs is 1. The van der Waals surface area contributed by atoms with Crippen LogP contribution in [-0.4, -0.2) is 24.7 Å². The summed E-state index contributed by atoms with van der Waals surface area (Å²) in [6.07, 6.45) is 9.17. The smallest absolute Gasteiger partial charge is 0.156 e. The number of nitrogens with one attached hydrogen (secondary N) is 1. The first kappa shape index (κ1) is 19.7. The topological polar surface area (TPSA) is 68.5 Å². The Balaban J connectivity index is 1.72. The molecule has 0 saturated carbocycles. The molecule has 0 amide bonds.